The fourth-order valence-electron chi connectivity index (χ4n) is 1.31. The van der Waals surface area contributed by atoms with Crippen LogP contribution in [0, 0.1) is 0 Å². The van der Waals surface area contributed by atoms with Crippen LogP contribution in [0.1, 0.15) is 45.4 Å². The molecule has 74 valence electrons. The standard InChI is InChI=1S/C10H23NO/c1-3-4-5-6-7-8-10(9-11)12-2/h10H,3-9,11H2,1-2H3. The third-order valence-electron chi connectivity index (χ3n) is 2.23. The van der Waals surface area contributed by atoms with Gasteiger partial charge in [-0.15, -0.1) is 0 Å². The summed E-state index contributed by atoms with van der Waals surface area (Å²) in [5.41, 5.74) is 5.50. The average Bonchev–Trinajstić information content (AvgIpc) is 2.11. The first kappa shape index (κ1) is 11.9. The Kier molecular flexibility index (Phi) is 8.95. The number of rotatable bonds is 8. The Bertz CT molecular complexity index is 81.9. The van der Waals surface area contributed by atoms with Gasteiger partial charge >= 0.3 is 0 Å². The molecule has 0 bridgehead atoms. The third-order valence-corrected chi connectivity index (χ3v) is 2.23. The van der Waals surface area contributed by atoms with Crippen molar-refractivity contribution in [1.82, 2.24) is 0 Å². The smallest absolute Gasteiger partial charge is 0.0693 e. The Morgan fingerprint density at radius 2 is 1.83 bits per heavy atom. The monoisotopic (exact) mass is 173 g/mol. The first-order valence-corrected chi connectivity index (χ1v) is 5.08. The van der Waals surface area contributed by atoms with E-state index in [1.165, 1.54) is 32.1 Å². The largest absolute Gasteiger partial charge is 0.380 e. The fraction of sp³-hybridized carbons (Fsp3) is 1.00. The van der Waals surface area contributed by atoms with E-state index in [2.05, 4.69) is 6.92 Å². The van der Waals surface area contributed by atoms with Crippen molar-refractivity contribution in [3.05, 3.63) is 0 Å². The molecule has 0 heterocycles. The van der Waals surface area contributed by atoms with E-state index in [0.29, 0.717) is 6.54 Å². The molecule has 0 fully saturated rings. The Morgan fingerprint density at radius 3 is 2.33 bits per heavy atom. The Hall–Kier alpha value is -0.0800. The highest BCUT2D eigenvalue weighted by Gasteiger charge is 2.02. The van der Waals surface area contributed by atoms with Crippen molar-refractivity contribution in [3.63, 3.8) is 0 Å². The summed E-state index contributed by atoms with van der Waals surface area (Å²) >= 11 is 0. The van der Waals surface area contributed by atoms with Crippen molar-refractivity contribution < 1.29 is 4.74 Å². The highest BCUT2D eigenvalue weighted by atomic mass is 16.5. The molecule has 2 nitrogen and oxygen atoms in total. The molecule has 0 aliphatic rings. The predicted octanol–water partition coefficient (Wildman–Crippen LogP) is 2.32. The molecule has 0 aliphatic carbocycles. The highest BCUT2D eigenvalue weighted by Crippen LogP contribution is 2.07. The normalized spacial score (nSPS) is 13.2. The van der Waals surface area contributed by atoms with Crippen LogP contribution in [0.5, 0.6) is 0 Å². The zero-order valence-electron chi connectivity index (χ0n) is 8.51. The van der Waals surface area contributed by atoms with Crippen molar-refractivity contribution in [2.45, 2.75) is 51.6 Å². The van der Waals surface area contributed by atoms with Crippen LogP contribution in [0.2, 0.25) is 0 Å². The minimum atomic E-state index is 0.284. The zero-order chi connectivity index (χ0) is 9.23. The zero-order valence-corrected chi connectivity index (χ0v) is 8.51. The molecule has 0 aliphatic heterocycles. The maximum Gasteiger partial charge on any atom is 0.0693 e. The molecule has 0 radical (unpaired) electrons. The van der Waals surface area contributed by atoms with Gasteiger partial charge in [-0.25, -0.2) is 0 Å². The summed E-state index contributed by atoms with van der Waals surface area (Å²) in [5.74, 6) is 0. The van der Waals surface area contributed by atoms with Crippen molar-refractivity contribution in [2.24, 2.45) is 5.73 Å². The first-order valence-electron chi connectivity index (χ1n) is 5.08. The van der Waals surface area contributed by atoms with Gasteiger partial charge in [0.2, 0.25) is 0 Å². The van der Waals surface area contributed by atoms with Gasteiger partial charge in [0.15, 0.2) is 0 Å². The summed E-state index contributed by atoms with van der Waals surface area (Å²) < 4.78 is 5.18. The van der Waals surface area contributed by atoms with Gasteiger partial charge in [0.1, 0.15) is 0 Å². The van der Waals surface area contributed by atoms with Gasteiger partial charge in [-0.2, -0.15) is 0 Å². The molecule has 0 aromatic rings. The first-order chi connectivity index (χ1) is 5.85. The Balaban J connectivity index is 3.06. The predicted molar refractivity (Wildman–Crippen MR) is 53.2 cm³/mol. The van der Waals surface area contributed by atoms with E-state index < -0.39 is 0 Å². The van der Waals surface area contributed by atoms with E-state index in [9.17, 15) is 0 Å². The molecule has 1 atom stereocenters. The molecule has 0 spiro atoms. The summed E-state index contributed by atoms with van der Waals surface area (Å²) in [6, 6.07) is 0. The Morgan fingerprint density at radius 1 is 1.17 bits per heavy atom. The van der Waals surface area contributed by atoms with Crippen molar-refractivity contribution >= 4 is 0 Å². The second-order valence-corrected chi connectivity index (χ2v) is 3.30. The van der Waals surface area contributed by atoms with E-state index in [0.717, 1.165) is 6.42 Å². The summed E-state index contributed by atoms with van der Waals surface area (Å²) in [7, 11) is 1.74. The molecule has 12 heavy (non-hydrogen) atoms. The van der Waals surface area contributed by atoms with Crippen molar-refractivity contribution in [1.29, 1.82) is 0 Å². The fourth-order valence-corrected chi connectivity index (χ4v) is 1.31. The van der Waals surface area contributed by atoms with Gasteiger partial charge in [-0.1, -0.05) is 39.0 Å². The van der Waals surface area contributed by atoms with Crippen molar-refractivity contribution in [2.75, 3.05) is 13.7 Å². The molecular weight excluding hydrogens is 150 g/mol. The maximum absolute atomic E-state index is 5.50. The lowest BCUT2D eigenvalue weighted by Gasteiger charge is -2.11. The summed E-state index contributed by atoms with van der Waals surface area (Å²) in [5, 5.41) is 0. The van der Waals surface area contributed by atoms with Crippen LogP contribution in [0.4, 0.5) is 0 Å². The highest BCUT2D eigenvalue weighted by molar-refractivity contribution is 4.57. The van der Waals surface area contributed by atoms with Gasteiger partial charge in [0, 0.05) is 13.7 Å². The minimum absolute atomic E-state index is 0.284. The second kappa shape index (κ2) is 9.01. The van der Waals surface area contributed by atoms with Crippen LogP contribution in [0.25, 0.3) is 0 Å². The van der Waals surface area contributed by atoms with Gasteiger partial charge in [-0.05, 0) is 6.42 Å². The number of hydrogen-bond acceptors (Lipinski definition) is 2. The van der Waals surface area contributed by atoms with E-state index >= 15 is 0 Å². The molecule has 0 aromatic carbocycles. The summed E-state index contributed by atoms with van der Waals surface area (Å²) in [4.78, 5) is 0. The van der Waals surface area contributed by atoms with Crippen LogP contribution in [0.15, 0.2) is 0 Å². The maximum atomic E-state index is 5.50. The molecule has 0 amide bonds. The van der Waals surface area contributed by atoms with Gasteiger partial charge in [-0.3, -0.25) is 0 Å². The lowest BCUT2D eigenvalue weighted by Crippen LogP contribution is -2.21. The lowest BCUT2D eigenvalue weighted by atomic mass is 10.1. The molecule has 2 heteroatoms. The number of methoxy groups -OCH3 is 1. The molecule has 0 rings (SSSR count). The number of hydrogen-bond donors (Lipinski definition) is 1. The van der Waals surface area contributed by atoms with E-state index in [4.69, 9.17) is 10.5 Å². The van der Waals surface area contributed by atoms with Crippen LogP contribution in [-0.2, 0) is 4.74 Å². The number of unbranched alkanes of at least 4 members (excludes halogenated alkanes) is 4. The molecule has 0 saturated carbocycles. The summed E-state index contributed by atoms with van der Waals surface area (Å²) in [6.07, 6.45) is 8.02. The average molecular weight is 173 g/mol. The minimum Gasteiger partial charge on any atom is -0.380 e. The van der Waals surface area contributed by atoms with Crippen LogP contribution >= 0.6 is 0 Å². The van der Waals surface area contributed by atoms with Crippen LogP contribution in [0.3, 0.4) is 0 Å². The van der Waals surface area contributed by atoms with Gasteiger partial charge in [0.05, 0.1) is 6.10 Å². The molecule has 2 N–H and O–H groups in total. The van der Waals surface area contributed by atoms with Gasteiger partial charge < -0.3 is 10.5 Å². The molecule has 0 saturated heterocycles. The topological polar surface area (TPSA) is 35.2 Å². The number of ether oxygens (including phenoxy) is 1. The molecule has 1 unspecified atom stereocenters. The Labute approximate surface area is 76.5 Å². The lowest BCUT2D eigenvalue weighted by molar-refractivity contribution is 0.0996. The van der Waals surface area contributed by atoms with Gasteiger partial charge in [0.25, 0.3) is 0 Å². The number of nitrogens with two attached hydrogens (primary N) is 1. The second-order valence-electron chi connectivity index (χ2n) is 3.30. The van der Waals surface area contributed by atoms with Crippen LogP contribution in [-0.4, -0.2) is 19.8 Å². The van der Waals surface area contributed by atoms with E-state index in [-0.39, 0.29) is 6.10 Å². The SMILES string of the molecule is CCCCCCCC(CN)OC. The van der Waals surface area contributed by atoms with Crippen LogP contribution < -0.4 is 5.73 Å². The molecule has 0 aromatic heterocycles. The van der Waals surface area contributed by atoms with E-state index in [1.807, 2.05) is 0 Å². The molecular formula is C10H23NO. The quantitative estimate of drug-likeness (QED) is 0.572. The van der Waals surface area contributed by atoms with E-state index in [1.54, 1.807) is 7.11 Å². The van der Waals surface area contributed by atoms with Crippen molar-refractivity contribution in [3.8, 4) is 0 Å². The summed E-state index contributed by atoms with van der Waals surface area (Å²) in [6.45, 7) is 2.89. The third kappa shape index (κ3) is 6.62.